The third-order valence-electron chi connectivity index (χ3n) is 3.25. The minimum atomic E-state index is 0.573. The normalized spacial score (nSPS) is 19.3. The number of piperidine rings is 1. The highest BCUT2D eigenvalue weighted by molar-refractivity contribution is 5.20. The maximum absolute atomic E-state index is 5.68. The molecule has 3 heterocycles. The number of nitrogens with zero attached hydrogens (tertiary/aromatic N) is 4. The zero-order valence-electron chi connectivity index (χ0n) is 10.7. The molecule has 2 aromatic heterocycles. The summed E-state index contributed by atoms with van der Waals surface area (Å²) in [5.74, 6) is 1.89. The molecular weight excluding hydrogens is 242 g/mol. The maximum atomic E-state index is 5.68. The topological polar surface area (TPSA) is 64.9 Å². The quantitative estimate of drug-likeness (QED) is 0.888. The van der Waals surface area contributed by atoms with Crippen molar-refractivity contribution in [3.05, 3.63) is 31.1 Å². The van der Waals surface area contributed by atoms with Gasteiger partial charge in [-0.3, -0.25) is 4.57 Å². The van der Waals surface area contributed by atoms with Gasteiger partial charge in [-0.05, 0) is 19.4 Å². The zero-order valence-corrected chi connectivity index (χ0v) is 10.7. The van der Waals surface area contributed by atoms with Crippen molar-refractivity contribution in [2.75, 3.05) is 19.7 Å². The molecule has 0 amide bonds. The van der Waals surface area contributed by atoms with Crippen molar-refractivity contribution in [2.24, 2.45) is 5.92 Å². The summed E-state index contributed by atoms with van der Waals surface area (Å²) in [5, 5.41) is 3.37. The van der Waals surface area contributed by atoms with E-state index in [0.29, 0.717) is 18.4 Å². The molecule has 1 aliphatic rings. The highest BCUT2D eigenvalue weighted by Gasteiger charge is 2.13. The average Bonchev–Trinajstić information content (AvgIpc) is 3.01. The Morgan fingerprint density at radius 3 is 3.05 bits per heavy atom. The maximum Gasteiger partial charge on any atom is 0.232 e. The van der Waals surface area contributed by atoms with Crippen LogP contribution in [0.2, 0.25) is 0 Å². The molecule has 6 nitrogen and oxygen atoms in total. The van der Waals surface area contributed by atoms with Crippen molar-refractivity contribution in [3.8, 4) is 11.7 Å². The first-order valence-corrected chi connectivity index (χ1v) is 6.56. The minimum Gasteiger partial charge on any atom is -0.476 e. The minimum absolute atomic E-state index is 0.573. The van der Waals surface area contributed by atoms with Crippen LogP contribution in [0.3, 0.4) is 0 Å². The molecule has 0 saturated carbocycles. The lowest BCUT2D eigenvalue weighted by atomic mass is 10.0. The number of ether oxygens (including phenoxy) is 1. The van der Waals surface area contributed by atoms with Crippen LogP contribution in [-0.2, 0) is 0 Å². The van der Waals surface area contributed by atoms with Crippen molar-refractivity contribution < 1.29 is 4.74 Å². The Hall–Kier alpha value is -1.95. The molecule has 0 bridgehead atoms. The molecule has 1 fully saturated rings. The average molecular weight is 259 g/mol. The number of aromatic nitrogens is 4. The second kappa shape index (κ2) is 5.79. The van der Waals surface area contributed by atoms with Gasteiger partial charge in [-0.1, -0.05) is 0 Å². The summed E-state index contributed by atoms with van der Waals surface area (Å²) in [5.41, 5.74) is 0. The molecule has 1 unspecified atom stereocenters. The summed E-state index contributed by atoms with van der Waals surface area (Å²) < 4.78 is 7.49. The summed E-state index contributed by atoms with van der Waals surface area (Å²) in [6.45, 7) is 2.85. The highest BCUT2D eigenvalue weighted by Crippen LogP contribution is 2.13. The monoisotopic (exact) mass is 259 g/mol. The Morgan fingerprint density at radius 1 is 1.37 bits per heavy atom. The predicted molar refractivity (Wildman–Crippen MR) is 70.2 cm³/mol. The second-order valence-electron chi connectivity index (χ2n) is 4.71. The van der Waals surface area contributed by atoms with E-state index in [1.165, 1.54) is 12.8 Å². The van der Waals surface area contributed by atoms with Gasteiger partial charge in [0.1, 0.15) is 6.33 Å². The van der Waals surface area contributed by atoms with Crippen LogP contribution in [0.4, 0.5) is 0 Å². The number of rotatable bonds is 4. The molecule has 0 spiro atoms. The summed E-state index contributed by atoms with van der Waals surface area (Å²) in [4.78, 5) is 12.5. The number of hydrogen-bond acceptors (Lipinski definition) is 5. The van der Waals surface area contributed by atoms with Gasteiger partial charge in [0.25, 0.3) is 0 Å². The number of hydrogen-bond donors (Lipinski definition) is 1. The summed E-state index contributed by atoms with van der Waals surface area (Å²) in [6.07, 6.45) is 11.0. The molecule has 1 saturated heterocycles. The van der Waals surface area contributed by atoms with Crippen LogP contribution in [0.1, 0.15) is 12.8 Å². The van der Waals surface area contributed by atoms with Crippen LogP contribution < -0.4 is 10.1 Å². The van der Waals surface area contributed by atoms with Crippen molar-refractivity contribution in [1.29, 1.82) is 0 Å². The molecule has 1 aliphatic heterocycles. The van der Waals surface area contributed by atoms with Crippen LogP contribution in [0.5, 0.6) is 5.88 Å². The summed E-state index contributed by atoms with van der Waals surface area (Å²) >= 11 is 0. The van der Waals surface area contributed by atoms with Crippen LogP contribution in [-0.4, -0.2) is 39.2 Å². The predicted octanol–water partition coefficient (Wildman–Crippen LogP) is 1.04. The van der Waals surface area contributed by atoms with E-state index in [4.69, 9.17) is 4.74 Å². The molecule has 1 atom stereocenters. The van der Waals surface area contributed by atoms with Crippen molar-refractivity contribution in [2.45, 2.75) is 12.8 Å². The molecule has 0 aliphatic carbocycles. The van der Waals surface area contributed by atoms with Crippen molar-refractivity contribution in [1.82, 2.24) is 24.8 Å². The molecule has 19 heavy (non-hydrogen) atoms. The van der Waals surface area contributed by atoms with Gasteiger partial charge < -0.3 is 10.1 Å². The lowest BCUT2D eigenvalue weighted by Gasteiger charge is -2.22. The van der Waals surface area contributed by atoms with E-state index in [-0.39, 0.29) is 0 Å². The fourth-order valence-corrected chi connectivity index (χ4v) is 2.18. The van der Waals surface area contributed by atoms with Crippen LogP contribution >= 0.6 is 0 Å². The Balaban J connectivity index is 1.57. The smallest absolute Gasteiger partial charge is 0.232 e. The van der Waals surface area contributed by atoms with E-state index in [2.05, 4.69) is 20.3 Å². The highest BCUT2D eigenvalue weighted by atomic mass is 16.5. The molecular formula is C13H17N5O. The standard InChI is InChI=1S/C13H17N5O/c1-2-11(6-14-3-1)9-19-13-8-16-12(7-17-13)18-5-4-15-10-18/h4-5,7-8,10-11,14H,1-3,6,9H2. The van der Waals surface area contributed by atoms with E-state index < -0.39 is 0 Å². The Labute approximate surface area is 111 Å². The van der Waals surface area contributed by atoms with Crippen molar-refractivity contribution >= 4 is 0 Å². The number of nitrogens with one attached hydrogen (secondary N) is 1. The molecule has 100 valence electrons. The van der Waals surface area contributed by atoms with E-state index in [1.54, 1.807) is 24.9 Å². The van der Waals surface area contributed by atoms with Gasteiger partial charge in [0.15, 0.2) is 5.82 Å². The molecule has 0 aromatic carbocycles. The lowest BCUT2D eigenvalue weighted by Crippen LogP contribution is -2.33. The number of imidazole rings is 1. The van der Waals surface area contributed by atoms with Gasteiger partial charge in [0.05, 0.1) is 19.0 Å². The summed E-state index contributed by atoms with van der Waals surface area (Å²) in [6, 6.07) is 0. The third kappa shape index (κ3) is 3.08. The second-order valence-corrected chi connectivity index (χ2v) is 4.71. The van der Waals surface area contributed by atoms with E-state index in [9.17, 15) is 0 Å². The van der Waals surface area contributed by atoms with E-state index >= 15 is 0 Å². The Kier molecular flexibility index (Phi) is 3.69. The molecule has 2 aromatic rings. The lowest BCUT2D eigenvalue weighted by molar-refractivity contribution is 0.211. The van der Waals surface area contributed by atoms with Gasteiger partial charge in [-0.15, -0.1) is 0 Å². The van der Waals surface area contributed by atoms with E-state index in [0.717, 1.165) is 18.9 Å². The first-order valence-electron chi connectivity index (χ1n) is 6.56. The van der Waals surface area contributed by atoms with Crippen LogP contribution in [0, 0.1) is 5.92 Å². The summed E-state index contributed by atoms with van der Waals surface area (Å²) in [7, 11) is 0. The van der Waals surface area contributed by atoms with Crippen molar-refractivity contribution in [3.63, 3.8) is 0 Å². The SMILES string of the molecule is c1cn(-c2cnc(OCC3CCCNC3)cn2)cn1. The molecule has 3 rings (SSSR count). The molecule has 1 N–H and O–H groups in total. The third-order valence-corrected chi connectivity index (χ3v) is 3.25. The fraction of sp³-hybridized carbons (Fsp3) is 0.462. The van der Waals surface area contributed by atoms with Gasteiger partial charge in [0, 0.05) is 24.9 Å². The van der Waals surface area contributed by atoms with Crippen LogP contribution in [0.15, 0.2) is 31.1 Å². The Bertz CT molecular complexity index is 490. The molecule has 6 heteroatoms. The van der Waals surface area contributed by atoms with Gasteiger partial charge in [0.2, 0.25) is 5.88 Å². The largest absolute Gasteiger partial charge is 0.476 e. The van der Waals surface area contributed by atoms with Gasteiger partial charge in [-0.2, -0.15) is 0 Å². The first-order chi connectivity index (χ1) is 9.42. The van der Waals surface area contributed by atoms with Gasteiger partial charge in [-0.25, -0.2) is 15.0 Å². The van der Waals surface area contributed by atoms with Crippen LogP contribution in [0.25, 0.3) is 5.82 Å². The Morgan fingerprint density at radius 2 is 2.37 bits per heavy atom. The van der Waals surface area contributed by atoms with E-state index in [1.807, 2.05) is 10.8 Å². The zero-order chi connectivity index (χ0) is 12.9. The van der Waals surface area contributed by atoms with Gasteiger partial charge >= 0.3 is 0 Å². The first kappa shape index (κ1) is 12.1. The fourth-order valence-electron chi connectivity index (χ4n) is 2.18. The molecule has 0 radical (unpaired) electrons.